The normalized spacial score (nSPS) is 22.6. The van der Waals surface area contributed by atoms with Crippen molar-refractivity contribution >= 4 is 23.5 Å². The Balaban J connectivity index is 1.65. The molecule has 2 aromatic rings. The highest BCUT2D eigenvalue weighted by Gasteiger charge is 2.54. The van der Waals surface area contributed by atoms with E-state index in [1.807, 2.05) is 57.2 Å². The van der Waals surface area contributed by atoms with E-state index in [1.165, 1.54) is 17.0 Å². The van der Waals surface area contributed by atoms with Gasteiger partial charge in [-0.3, -0.25) is 14.5 Å². The van der Waals surface area contributed by atoms with Gasteiger partial charge in [0.1, 0.15) is 0 Å². The van der Waals surface area contributed by atoms with Crippen LogP contribution in [-0.2, 0) is 9.59 Å². The fourth-order valence-corrected chi connectivity index (χ4v) is 6.17. The van der Waals surface area contributed by atoms with E-state index in [0.717, 1.165) is 16.7 Å². The zero-order valence-corrected chi connectivity index (χ0v) is 22.8. The molecule has 0 aromatic heterocycles. The van der Waals surface area contributed by atoms with E-state index in [1.54, 1.807) is 6.07 Å². The molecule has 0 saturated carbocycles. The van der Waals surface area contributed by atoms with E-state index < -0.39 is 35.4 Å². The maximum atomic E-state index is 14.0. The number of imide groups is 1. The molecule has 39 heavy (non-hydrogen) atoms. The predicted molar refractivity (Wildman–Crippen MR) is 149 cm³/mol. The lowest BCUT2D eigenvalue weighted by molar-refractivity contribution is -0.140. The van der Waals surface area contributed by atoms with Crippen LogP contribution in [0.5, 0.6) is 5.75 Å². The van der Waals surface area contributed by atoms with Crippen LogP contribution >= 0.6 is 0 Å². The van der Waals surface area contributed by atoms with Crippen LogP contribution in [0.4, 0.5) is 4.39 Å². The topological polar surface area (TPSA) is 98.1 Å². The number of hydrogen-bond donors (Lipinski definition) is 3. The van der Waals surface area contributed by atoms with Crippen LogP contribution < -0.4 is 0 Å². The molecule has 2 aromatic carbocycles. The molecule has 4 atom stereocenters. The molecule has 1 saturated heterocycles. The summed E-state index contributed by atoms with van der Waals surface area (Å²) in [6.45, 7) is 5.98. The van der Waals surface area contributed by atoms with Gasteiger partial charge in [-0.15, -0.1) is 0 Å². The number of rotatable bonds is 10. The monoisotopic (exact) mass is 535 g/mol. The molecule has 1 aliphatic carbocycles. The van der Waals surface area contributed by atoms with E-state index in [4.69, 9.17) is 0 Å². The maximum absolute atomic E-state index is 14.0. The Morgan fingerprint density at radius 2 is 1.85 bits per heavy atom. The lowest BCUT2D eigenvalue weighted by atomic mass is 9.66. The van der Waals surface area contributed by atoms with Crippen molar-refractivity contribution in [3.63, 3.8) is 0 Å². The Labute approximate surface area is 229 Å². The number of carbonyl (C=O) groups is 2. The van der Waals surface area contributed by atoms with E-state index >= 15 is 0 Å². The first-order valence-corrected chi connectivity index (χ1v) is 13.8. The van der Waals surface area contributed by atoms with Gasteiger partial charge >= 0.3 is 0 Å². The summed E-state index contributed by atoms with van der Waals surface area (Å²) in [6.07, 6.45) is 2.76. The minimum Gasteiger partial charge on any atom is -0.505 e. The number of halogens is 1. The number of aromatic hydroxyl groups is 1. The number of hydrogen-bond acceptors (Lipinski definition) is 5. The van der Waals surface area contributed by atoms with Crippen molar-refractivity contribution in [1.82, 2.24) is 4.90 Å². The second kappa shape index (κ2) is 12.3. The van der Waals surface area contributed by atoms with Crippen molar-refractivity contribution in [1.29, 1.82) is 0 Å². The van der Waals surface area contributed by atoms with Gasteiger partial charge in [0, 0.05) is 12.5 Å². The summed E-state index contributed by atoms with van der Waals surface area (Å²) in [5.74, 6) is -3.30. The lowest BCUT2D eigenvalue weighted by Gasteiger charge is -2.38. The fraction of sp³-hybridized carbons (Fsp3) is 0.438. The molecule has 3 N–H and O–H groups in total. The van der Waals surface area contributed by atoms with Crippen molar-refractivity contribution in [2.24, 2.45) is 23.7 Å². The number of nitrogens with zero attached hydrogens (tertiary/aromatic N) is 1. The van der Waals surface area contributed by atoms with E-state index in [-0.39, 0.29) is 24.3 Å². The van der Waals surface area contributed by atoms with E-state index in [2.05, 4.69) is 0 Å². The van der Waals surface area contributed by atoms with Crippen molar-refractivity contribution in [2.45, 2.75) is 52.6 Å². The third-order valence-electron chi connectivity index (χ3n) is 8.06. The number of phenolic OH excluding ortho intramolecular Hbond substituents is 1. The van der Waals surface area contributed by atoms with E-state index in [9.17, 15) is 29.3 Å². The van der Waals surface area contributed by atoms with Gasteiger partial charge in [0.05, 0.1) is 24.5 Å². The smallest absolute Gasteiger partial charge is 0.233 e. The quantitative estimate of drug-likeness (QED) is 0.221. The van der Waals surface area contributed by atoms with Gasteiger partial charge in [-0.2, -0.15) is 0 Å². The lowest BCUT2D eigenvalue weighted by Crippen LogP contribution is -2.39. The SMILES string of the molecule is CCCN1C(=O)[C@@H]2[C@@H](CC(C(C)C)=C([C@H](O)CC/C(=C/c3ccc(O)c(F)c3)c3ccccc3)[C@@H]2CO)C1=O. The third-order valence-corrected chi connectivity index (χ3v) is 8.06. The molecule has 1 fully saturated rings. The summed E-state index contributed by atoms with van der Waals surface area (Å²) in [4.78, 5) is 27.7. The van der Waals surface area contributed by atoms with Gasteiger partial charge in [0.25, 0.3) is 0 Å². The molecule has 208 valence electrons. The third kappa shape index (κ3) is 5.85. The zero-order valence-electron chi connectivity index (χ0n) is 22.8. The molecule has 2 aliphatic rings. The Morgan fingerprint density at radius 3 is 2.46 bits per heavy atom. The van der Waals surface area contributed by atoms with Crippen LogP contribution in [0.1, 0.15) is 57.6 Å². The molecule has 0 unspecified atom stereocenters. The maximum Gasteiger partial charge on any atom is 0.233 e. The molecule has 7 heteroatoms. The zero-order chi connectivity index (χ0) is 28.3. The van der Waals surface area contributed by atoms with E-state index in [0.29, 0.717) is 43.4 Å². The second-order valence-corrected chi connectivity index (χ2v) is 10.9. The molecule has 0 radical (unpaired) electrons. The number of likely N-dealkylation sites (tertiary alicyclic amines) is 1. The average Bonchev–Trinajstić information content (AvgIpc) is 3.17. The number of amides is 2. The average molecular weight is 536 g/mol. The first-order chi connectivity index (χ1) is 18.7. The van der Waals surface area contributed by atoms with Gasteiger partial charge in [0.15, 0.2) is 11.6 Å². The molecular weight excluding hydrogens is 497 g/mol. The molecule has 0 bridgehead atoms. The van der Waals surface area contributed by atoms with Gasteiger partial charge < -0.3 is 15.3 Å². The van der Waals surface area contributed by atoms with Crippen LogP contribution in [0.2, 0.25) is 0 Å². The molecule has 1 aliphatic heterocycles. The standard InChI is InChI=1S/C32H38FNO5/c1-4-14-34-31(38)24-17-23(19(2)3)29(25(18-35)30(24)32(34)39)28(37)13-11-22(21-8-6-5-7-9-21)15-20-10-12-27(36)26(33)16-20/h5-10,12,15-16,19,24-25,28,30,35-37H,4,11,13-14,17-18H2,1-3H3/b22-15-/t24-,25+,28-,30-/m1/s1. The summed E-state index contributed by atoms with van der Waals surface area (Å²) in [5.41, 5.74) is 4.00. The van der Waals surface area contributed by atoms with Crippen LogP contribution in [0.3, 0.4) is 0 Å². The molecule has 2 amide bonds. The summed E-state index contributed by atoms with van der Waals surface area (Å²) >= 11 is 0. The fourth-order valence-electron chi connectivity index (χ4n) is 6.17. The number of allylic oxidation sites excluding steroid dienone is 2. The van der Waals surface area contributed by atoms with Gasteiger partial charge in [-0.25, -0.2) is 4.39 Å². The summed E-state index contributed by atoms with van der Waals surface area (Å²) < 4.78 is 14.0. The van der Waals surface area contributed by atoms with Crippen molar-refractivity contribution in [2.75, 3.05) is 13.2 Å². The number of aliphatic hydroxyl groups excluding tert-OH is 2. The minimum atomic E-state index is -0.924. The highest BCUT2D eigenvalue weighted by molar-refractivity contribution is 6.05. The van der Waals surface area contributed by atoms with Gasteiger partial charge in [-0.1, -0.05) is 68.8 Å². The van der Waals surface area contributed by atoms with Crippen LogP contribution in [0.15, 0.2) is 59.7 Å². The molecular formula is C32H38FNO5. The largest absolute Gasteiger partial charge is 0.505 e. The Bertz CT molecular complexity index is 1270. The molecule has 0 spiro atoms. The predicted octanol–water partition coefficient (Wildman–Crippen LogP) is 5.19. The first-order valence-electron chi connectivity index (χ1n) is 13.8. The second-order valence-electron chi connectivity index (χ2n) is 10.9. The highest BCUT2D eigenvalue weighted by atomic mass is 19.1. The number of aliphatic hydroxyl groups is 2. The summed E-state index contributed by atoms with van der Waals surface area (Å²) in [7, 11) is 0. The van der Waals surface area contributed by atoms with Gasteiger partial charge in [-0.05, 0) is 66.0 Å². The van der Waals surface area contributed by atoms with Crippen molar-refractivity contribution in [3.8, 4) is 5.75 Å². The molecule has 6 nitrogen and oxygen atoms in total. The minimum absolute atomic E-state index is 0.0388. The number of fused-ring (bicyclic) bond motifs is 1. The van der Waals surface area contributed by atoms with Gasteiger partial charge in [0.2, 0.25) is 11.8 Å². The van der Waals surface area contributed by atoms with Crippen LogP contribution in [0.25, 0.3) is 11.6 Å². The summed E-state index contributed by atoms with van der Waals surface area (Å²) in [6, 6.07) is 13.8. The summed E-state index contributed by atoms with van der Waals surface area (Å²) in [5, 5.41) is 31.6. The van der Waals surface area contributed by atoms with Crippen molar-refractivity contribution in [3.05, 3.63) is 76.6 Å². The number of phenols is 1. The number of benzene rings is 2. The Kier molecular flexibility index (Phi) is 9.03. The Morgan fingerprint density at radius 1 is 1.13 bits per heavy atom. The van der Waals surface area contributed by atoms with Crippen molar-refractivity contribution < 1.29 is 29.3 Å². The Hall–Kier alpha value is -3.29. The number of carbonyl (C=O) groups excluding carboxylic acids is 2. The molecule has 1 heterocycles. The highest BCUT2D eigenvalue weighted by Crippen LogP contribution is 2.48. The first kappa shape index (κ1) is 28.7. The van der Waals surface area contributed by atoms with Crippen LogP contribution in [-0.4, -0.2) is 51.3 Å². The van der Waals surface area contributed by atoms with Crippen LogP contribution in [0, 0.1) is 29.5 Å². The molecule has 4 rings (SSSR count).